The lowest BCUT2D eigenvalue weighted by Crippen LogP contribution is -2.21. The molecule has 0 saturated heterocycles. The number of halogens is 14. The Kier molecular flexibility index (Phi) is 40.8. The zero-order chi connectivity index (χ0) is 61.9. The maximum Gasteiger partial charge on any atom is 0.352 e. The van der Waals surface area contributed by atoms with Gasteiger partial charge in [0.1, 0.15) is 25.6 Å². The third-order valence-electron chi connectivity index (χ3n) is 9.25. The van der Waals surface area contributed by atoms with Crippen LogP contribution < -0.4 is 0 Å². The summed E-state index contributed by atoms with van der Waals surface area (Å²) in [5, 5.41) is 6.93. The number of aryl methyl sites for hydroxylation is 9. The van der Waals surface area contributed by atoms with Gasteiger partial charge in [0.15, 0.2) is 15.1 Å². The molecular weight excluding hydrogens is 1300 g/mol. The van der Waals surface area contributed by atoms with Crippen LogP contribution in [0.1, 0.15) is 102 Å². The molecule has 10 nitrogen and oxygen atoms in total. The topological polar surface area (TPSA) is 129 Å². The maximum absolute atomic E-state index is 11.8. The summed E-state index contributed by atoms with van der Waals surface area (Å²) in [6, 6.07) is 13.2. The first-order valence-corrected chi connectivity index (χ1v) is 30.1. The third-order valence-corrected chi connectivity index (χ3v) is 14.1. The van der Waals surface area contributed by atoms with Gasteiger partial charge in [-0.05, 0) is 144 Å². The summed E-state index contributed by atoms with van der Waals surface area (Å²) in [7, 11) is 0. The average Bonchev–Trinajstić information content (AvgIpc) is 4.17. The predicted octanol–water partition coefficient (Wildman–Crippen LogP) is 21.5. The molecular formula is C54H64Cl9F5N10S3. The number of rotatable bonds is 3. The predicted molar refractivity (Wildman–Crippen MR) is 334 cm³/mol. The highest BCUT2D eigenvalue weighted by Gasteiger charge is 2.53. The Morgan fingerprint density at radius 3 is 1.36 bits per heavy atom. The summed E-state index contributed by atoms with van der Waals surface area (Å²) in [6.07, 6.45) is 15.7. The molecule has 2 unspecified atom stereocenters. The van der Waals surface area contributed by atoms with Crippen molar-refractivity contribution < 1.29 is 22.0 Å². The quantitative estimate of drug-likeness (QED) is 0.0958. The molecule has 2 aliphatic carbocycles. The molecule has 446 valence electrons. The molecule has 2 aliphatic rings. The van der Waals surface area contributed by atoms with Crippen molar-refractivity contribution in [2.75, 3.05) is 0 Å². The van der Waals surface area contributed by atoms with Crippen LogP contribution in [0.25, 0.3) is 0 Å². The fourth-order valence-electron chi connectivity index (χ4n) is 4.18. The van der Waals surface area contributed by atoms with Crippen molar-refractivity contribution in [2.24, 2.45) is 11.8 Å². The highest BCUT2D eigenvalue weighted by Crippen LogP contribution is 2.47. The van der Waals surface area contributed by atoms with Gasteiger partial charge in [0.2, 0.25) is 4.47 Å². The molecule has 2 saturated carbocycles. The van der Waals surface area contributed by atoms with Gasteiger partial charge in [-0.1, -0.05) is 151 Å². The van der Waals surface area contributed by atoms with Gasteiger partial charge >= 0.3 is 5.38 Å². The number of thiazole rings is 2. The third kappa shape index (κ3) is 43.1. The Labute approximate surface area is 530 Å². The van der Waals surface area contributed by atoms with Crippen LogP contribution in [-0.2, 0) is 6.42 Å². The Hall–Kier alpha value is -3.24. The second-order valence-corrected chi connectivity index (χ2v) is 25.0. The molecule has 0 radical (unpaired) electrons. The van der Waals surface area contributed by atoms with Crippen molar-refractivity contribution in [2.45, 2.75) is 133 Å². The fraction of sp³-hybridized carbons (Fsp3) is 0.407. The lowest BCUT2D eigenvalue weighted by molar-refractivity contribution is 0.00524. The SMILES string of the molecule is CC1CC1.CC1CC1(F)F.CCC(F)C(F)(F)Cl.CCc1ccc(Cl)nc1.Cc1ccc(Cl)nc1.Cc1cccnc1.Cc1cnc(C)cn1.Cc1cnc(Cl)c(Cl)c1.Cc1cnc(Cl)s1.Cc1nnc(Cl)s1.Cc1sc(Cl)nc1Cl. The van der Waals surface area contributed by atoms with E-state index in [0.29, 0.717) is 39.0 Å². The molecule has 8 heterocycles. The van der Waals surface area contributed by atoms with E-state index in [9.17, 15) is 22.0 Å². The number of alkyl halides is 6. The Balaban J connectivity index is 0.000000872. The van der Waals surface area contributed by atoms with E-state index >= 15 is 0 Å². The molecule has 2 atom stereocenters. The van der Waals surface area contributed by atoms with Gasteiger partial charge in [0.05, 0.1) is 16.4 Å². The molecule has 10 rings (SSSR count). The summed E-state index contributed by atoms with van der Waals surface area (Å²) in [4.78, 5) is 33.2. The minimum absolute atomic E-state index is 0.104. The van der Waals surface area contributed by atoms with E-state index in [1.165, 1.54) is 64.9 Å². The molecule has 81 heavy (non-hydrogen) atoms. The molecule has 0 bridgehead atoms. The van der Waals surface area contributed by atoms with Crippen molar-refractivity contribution in [3.8, 4) is 0 Å². The van der Waals surface area contributed by atoms with Gasteiger partial charge in [-0.2, -0.15) is 8.78 Å². The van der Waals surface area contributed by atoms with Crippen molar-refractivity contribution in [3.63, 3.8) is 0 Å². The van der Waals surface area contributed by atoms with E-state index in [1.807, 2.05) is 85.9 Å². The summed E-state index contributed by atoms with van der Waals surface area (Å²) in [6.45, 7) is 22.7. The van der Waals surface area contributed by atoms with Crippen molar-refractivity contribution in [1.82, 2.24) is 50.1 Å². The molecule has 0 N–H and O–H groups in total. The van der Waals surface area contributed by atoms with E-state index in [2.05, 4.69) is 75.5 Å². The lowest BCUT2D eigenvalue weighted by atomic mass is 10.2. The number of hydrogen-bond acceptors (Lipinski definition) is 13. The Morgan fingerprint density at radius 2 is 1.15 bits per heavy atom. The molecule has 8 aromatic rings. The van der Waals surface area contributed by atoms with Crippen LogP contribution in [0.4, 0.5) is 22.0 Å². The first-order valence-electron chi connectivity index (χ1n) is 24.3. The summed E-state index contributed by atoms with van der Waals surface area (Å²) < 4.78 is 59.5. The zero-order valence-electron chi connectivity index (χ0n) is 46.4. The highest BCUT2D eigenvalue weighted by molar-refractivity contribution is 7.16. The first kappa shape index (κ1) is 77.8. The fourth-order valence-corrected chi connectivity index (χ4v) is 7.80. The van der Waals surface area contributed by atoms with Gasteiger partial charge in [0.25, 0.3) is 5.92 Å². The number of hydrogen-bond donors (Lipinski definition) is 0. The van der Waals surface area contributed by atoms with E-state index in [1.54, 1.807) is 68.5 Å². The van der Waals surface area contributed by atoms with E-state index in [-0.39, 0.29) is 18.8 Å². The molecule has 0 aromatic carbocycles. The van der Waals surface area contributed by atoms with E-state index < -0.39 is 17.5 Å². The Morgan fingerprint density at radius 1 is 0.617 bits per heavy atom. The average molecular weight is 1360 g/mol. The number of pyridine rings is 4. The lowest BCUT2D eigenvalue weighted by Gasteiger charge is -2.09. The van der Waals surface area contributed by atoms with Crippen LogP contribution in [0.5, 0.6) is 0 Å². The molecule has 0 spiro atoms. The molecule has 2 fully saturated rings. The smallest absolute Gasteiger partial charge is 0.264 e. The van der Waals surface area contributed by atoms with E-state index in [0.717, 1.165) is 49.6 Å². The zero-order valence-corrected chi connectivity index (χ0v) is 55.7. The van der Waals surface area contributed by atoms with Crippen LogP contribution >= 0.6 is 138 Å². The van der Waals surface area contributed by atoms with Gasteiger partial charge in [-0.3, -0.25) is 15.0 Å². The van der Waals surface area contributed by atoms with Gasteiger partial charge < -0.3 is 0 Å². The monoisotopic (exact) mass is 1360 g/mol. The van der Waals surface area contributed by atoms with Crippen molar-refractivity contribution in [3.05, 3.63) is 179 Å². The van der Waals surface area contributed by atoms with Crippen LogP contribution in [-0.4, -0.2) is 67.5 Å². The number of aromatic nitrogens is 10. The van der Waals surface area contributed by atoms with Crippen molar-refractivity contribution >= 4 is 138 Å². The van der Waals surface area contributed by atoms with Crippen LogP contribution in [0.2, 0.25) is 39.0 Å². The highest BCUT2D eigenvalue weighted by atomic mass is 35.5. The maximum atomic E-state index is 11.8. The number of nitrogens with zero attached hydrogens (tertiary/aromatic N) is 10. The van der Waals surface area contributed by atoms with Crippen LogP contribution in [0, 0.1) is 67.2 Å². The summed E-state index contributed by atoms with van der Waals surface area (Å²) in [5.74, 6) is -1.54. The Bertz CT molecular complexity index is 2710. The van der Waals surface area contributed by atoms with Crippen LogP contribution in [0.3, 0.4) is 0 Å². The van der Waals surface area contributed by atoms with E-state index in [4.69, 9.17) is 92.8 Å². The minimum atomic E-state index is -3.69. The second-order valence-electron chi connectivity index (χ2n) is 17.2. The first-order chi connectivity index (χ1) is 37.8. The molecule has 0 amide bonds. The largest absolute Gasteiger partial charge is 0.352 e. The molecule has 27 heteroatoms. The van der Waals surface area contributed by atoms with Gasteiger partial charge in [0, 0.05) is 71.7 Å². The summed E-state index contributed by atoms with van der Waals surface area (Å²) in [5.41, 5.74) is 6.52. The van der Waals surface area contributed by atoms with Gasteiger partial charge in [-0.15, -0.1) is 32.9 Å². The summed E-state index contributed by atoms with van der Waals surface area (Å²) >= 11 is 52.7. The second kappa shape index (κ2) is 42.5. The van der Waals surface area contributed by atoms with Crippen LogP contribution in [0.15, 0.2) is 92.0 Å². The van der Waals surface area contributed by atoms with Crippen molar-refractivity contribution in [1.29, 1.82) is 0 Å². The molecule has 0 aliphatic heterocycles. The normalized spacial score (nSPS) is 13.1. The molecule has 8 aromatic heterocycles. The standard InChI is InChI=1S/C7H8ClN.C6H5Cl2N.C6H6ClN.C6H8N2.C6H7N.C4H3Cl2NS.C4H6ClF3.C4H4ClNS.C4H6F2.C4H8.C3H3ClN2S/c1-2-6-3-4-7(8)9-5-6;1-4-2-5(7)6(8)9-3-4;1-5-2-3-6(7)8-4-5;1-5-3-8-6(2)4-7-5;1-6-3-2-4-7-5-6;1-2-3(5)7-4(6)8-2;1-2-3(6)4(5,7)8;1-3-2-6-4(5)7-3;1-3-2-4(3,5)6;1-4-2-3-4;1-2-5-6-3(4)7-2/h3-5H,2H2,1H3;2-3H,1H3;2-4H,1H3;3-4H,1-2H3;2-5H,1H3;1H3;3H,2H2,1H3;2H,1H3;3H,2H2,1H3;4H,2-3H2,1H3;1H3. The minimum Gasteiger partial charge on any atom is -0.264 e. The van der Waals surface area contributed by atoms with Gasteiger partial charge in [-0.25, -0.2) is 38.1 Å².